The lowest BCUT2D eigenvalue weighted by Gasteiger charge is -2.09. The summed E-state index contributed by atoms with van der Waals surface area (Å²) >= 11 is 0. The predicted octanol–water partition coefficient (Wildman–Crippen LogP) is 0.0595. The molecule has 2 N–H and O–H groups in total. The van der Waals surface area contributed by atoms with E-state index in [0.717, 1.165) is 13.0 Å². The van der Waals surface area contributed by atoms with Gasteiger partial charge in [0.2, 0.25) is 15.9 Å². The fourth-order valence-electron chi connectivity index (χ4n) is 1.18. The molecule has 0 atom stereocenters. The zero-order valence-corrected chi connectivity index (χ0v) is 10.8. The summed E-state index contributed by atoms with van der Waals surface area (Å²) in [6.45, 7) is 1.47. The van der Waals surface area contributed by atoms with Crippen LogP contribution in [0.4, 0.5) is 0 Å². The molecule has 0 radical (unpaired) electrons. The van der Waals surface area contributed by atoms with Gasteiger partial charge in [0.05, 0.1) is 12.8 Å². The van der Waals surface area contributed by atoms with Crippen LogP contribution in [0.3, 0.4) is 0 Å². The number of nitrogens with two attached hydrogens (primary N) is 1. The summed E-state index contributed by atoms with van der Waals surface area (Å²) < 4.78 is 27.3. The van der Waals surface area contributed by atoms with Crippen molar-refractivity contribution in [2.24, 2.45) is 5.14 Å². The van der Waals surface area contributed by atoms with Crippen molar-refractivity contribution < 1.29 is 13.2 Å². The summed E-state index contributed by atoms with van der Waals surface area (Å²) in [4.78, 5) is 5.91. The van der Waals surface area contributed by atoms with Crippen molar-refractivity contribution in [1.29, 1.82) is 0 Å². The fraction of sp³-hybridized carbons (Fsp3) is 0.500. The average molecular weight is 259 g/mol. The predicted molar refractivity (Wildman–Crippen MR) is 64.3 cm³/mol. The molecule has 1 aromatic heterocycles. The average Bonchev–Trinajstić information content (AvgIpc) is 2.23. The van der Waals surface area contributed by atoms with E-state index in [9.17, 15) is 8.42 Å². The van der Waals surface area contributed by atoms with E-state index in [2.05, 4.69) is 9.88 Å². The Balaban J connectivity index is 2.46. The van der Waals surface area contributed by atoms with Gasteiger partial charge in [0.25, 0.3) is 0 Å². The minimum Gasteiger partial charge on any atom is -0.478 e. The first-order valence-corrected chi connectivity index (χ1v) is 6.70. The molecule has 0 fully saturated rings. The molecule has 1 aromatic rings. The number of sulfonamides is 1. The zero-order chi connectivity index (χ0) is 12.9. The highest BCUT2D eigenvalue weighted by atomic mass is 32.2. The number of primary sulfonamides is 1. The van der Waals surface area contributed by atoms with Crippen molar-refractivity contribution >= 4 is 10.0 Å². The monoisotopic (exact) mass is 259 g/mol. The first kappa shape index (κ1) is 13.9. The van der Waals surface area contributed by atoms with Gasteiger partial charge in [0, 0.05) is 12.6 Å². The summed E-state index contributed by atoms with van der Waals surface area (Å²) in [5, 5.41) is 4.95. The second-order valence-corrected chi connectivity index (χ2v) is 5.44. The van der Waals surface area contributed by atoms with Crippen LogP contribution in [0.1, 0.15) is 6.42 Å². The SMILES string of the molecule is CN(C)CCCOc1ccc(S(N)(=O)=O)cn1. The summed E-state index contributed by atoms with van der Waals surface area (Å²) in [5.74, 6) is 0.399. The first-order chi connectivity index (χ1) is 7.89. The third-order valence-electron chi connectivity index (χ3n) is 2.04. The molecule has 0 saturated carbocycles. The number of rotatable bonds is 6. The molecular weight excluding hydrogens is 242 g/mol. The molecule has 6 nitrogen and oxygen atoms in total. The lowest BCUT2D eigenvalue weighted by Crippen LogP contribution is -2.16. The Morgan fingerprint density at radius 3 is 2.59 bits per heavy atom. The molecule has 0 unspecified atom stereocenters. The van der Waals surface area contributed by atoms with E-state index in [0.29, 0.717) is 12.5 Å². The van der Waals surface area contributed by atoms with Gasteiger partial charge >= 0.3 is 0 Å². The van der Waals surface area contributed by atoms with Crippen LogP contribution in [0, 0.1) is 0 Å². The summed E-state index contributed by atoms with van der Waals surface area (Å²) in [7, 11) is 0.290. The Morgan fingerprint density at radius 2 is 2.12 bits per heavy atom. The fourth-order valence-corrected chi connectivity index (χ4v) is 1.64. The molecule has 0 aliphatic rings. The molecular formula is C10H17N3O3S. The lowest BCUT2D eigenvalue weighted by atomic mass is 10.4. The van der Waals surface area contributed by atoms with Crippen LogP contribution in [-0.4, -0.2) is 45.5 Å². The van der Waals surface area contributed by atoms with E-state index in [4.69, 9.17) is 9.88 Å². The summed E-state index contributed by atoms with van der Waals surface area (Å²) in [6, 6.07) is 2.87. The third kappa shape index (κ3) is 5.12. The highest BCUT2D eigenvalue weighted by Gasteiger charge is 2.07. The summed E-state index contributed by atoms with van der Waals surface area (Å²) in [6.07, 6.45) is 2.07. The number of nitrogens with zero attached hydrogens (tertiary/aromatic N) is 2. The maximum absolute atomic E-state index is 11.0. The van der Waals surface area contributed by atoms with Gasteiger partial charge in [-0.3, -0.25) is 0 Å². The van der Waals surface area contributed by atoms with Gasteiger partial charge in [-0.2, -0.15) is 0 Å². The number of hydrogen-bond donors (Lipinski definition) is 1. The normalized spacial score (nSPS) is 11.8. The molecule has 96 valence electrons. The Bertz CT molecular complexity index is 442. The molecule has 0 aliphatic carbocycles. The highest BCUT2D eigenvalue weighted by Crippen LogP contribution is 2.10. The van der Waals surface area contributed by atoms with Crippen LogP contribution in [0.25, 0.3) is 0 Å². The number of aromatic nitrogens is 1. The van der Waals surface area contributed by atoms with E-state index in [-0.39, 0.29) is 4.90 Å². The first-order valence-electron chi connectivity index (χ1n) is 5.16. The maximum atomic E-state index is 11.0. The van der Waals surface area contributed by atoms with E-state index in [1.165, 1.54) is 18.3 Å². The van der Waals surface area contributed by atoms with Crippen LogP contribution in [-0.2, 0) is 10.0 Å². The molecule has 1 rings (SSSR count). The van der Waals surface area contributed by atoms with Gasteiger partial charge in [-0.15, -0.1) is 0 Å². The zero-order valence-electron chi connectivity index (χ0n) is 9.96. The van der Waals surface area contributed by atoms with E-state index >= 15 is 0 Å². The van der Waals surface area contributed by atoms with E-state index in [1.54, 1.807) is 0 Å². The molecule has 0 aliphatic heterocycles. The molecule has 0 bridgehead atoms. The molecule has 17 heavy (non-hydrogen) atoms. The Kier molecular flexibility index (Phi) is 4.86. The van der Waals surface area contributed by atoms with Gasteiger partial charge in [-0.1, -0.05) is 0 Å². The second kappa shape index (κ2) is 5.95. The van der Waals surface area contributed by atoms with Crippen molar-refractivity contribution in [3.05, 3.63) is 18.3 Å². The smallest absolute Gasteiger partial charge is 0.239 e. The minimum absolute atomic E-state index is 0.0156. The maximum Gasteiger partial charge on any atom is 0.239 e. The van der Waals surface area contributed by atoms with Crippen molar-refractivity contribution in [2.75, 3.05) is 27.2 Å². The second-order valence-electron chi connectivity index (χ2n) is 3.88. The molecule has 0 spiro atoms. The number of ether oxygens (including phenoxy) is 1. The Labute approximate surface area is 101 Å². The van der Waals surface area contributed by atoms with Gasteiger partial charge in [-0.25, -0.2) is 18.5 Å². The van der Waals surface area contributed by atoms with E-state index < -0.39 is 10.0 Å². The molecule has 1 heterocycles. The quantitative estimate of drug-likeness (QED) is 0.730. The van der Waals surface area contributed by atoms with Crippen molar-refractivity contribution in [1.82, 2.24) is 9.88 Å². The standard InChI is InChI=1S/C10H17N3O3S/c1-13(2)6-3-7-16-10-5-4-9(8-12-10)17(11,14)15/h4-5,8H,3,6-7H2,1-2H3,(H2,11,14,15). The Hall–Kier alpha value is -1.18. The van der Waals surface area contributed by atoms with Gasteiger partial charge in [-0.05, 0) is 26.6 Å². The topological polar surface area (TPSA) is 85.5 Å². The van der Waals surface area contributed by atoms with Crippen LogP contribution < -0.4 is 9.88 Å². The van der Waals surface area contributed by atoms with Gasteiger partial charge < -0.3 is 9.64 Å². The van der Waals surface area contributed by atoms with Crippen LogP contribution >= 0.6 is 0 Å². The third-order valence-corrected chi connectivity index (χ3v) is 2.94. The molecule has 7 heteroatoms. The lowest BCUT2D eigenvalue weighted by molar-refractivity contribution is 0.273. The summed E-state index contributed by atoms with van der Waals surface area (Å²) in [5.41, 5.74) is 0. The van der Waals surface area contributed by atoms with Crippen LogP contribution in [0.2, 0.25) is 0 Å². The number of pyridine rings is 1. The molecule has 0 saturated heterocycles. The van der Waals surface area contributed by atoms with Crippen LogP contribution in [0.15, 0.2) is 23.2 Å². The van der Waals surface area contributed by atoms with Crippen molar-refractivity contribution in [3.63, 3.8) is 0 Å². The van der Waals surface area contributed by atoms with Crippen molar-refractivity contribution in [3.8, 4) is 5.88 Å². The van der Waals surface area contributed by atoms with Crippen molar-refractivity contribution in [2.45, 2.75) is 11.3 Å². The molecule has 0 aromatic carbocycles. The Morgan fingerprint density at radius 1 is 1.41 bits per heavy atom. The van der Waals surface area contributed by atoms with Gasteiger partial charge in [0.15, 0.2) is 0 Å². The largest absolute Gasteiger partial charge is 0.478 e. The minimum atomic E-state index is -3.68. The highest BCUT2D eigenvalue weighted by molar-refractivity contribution is 7.89. The van der Waals surface area contributed by atoms with Crippen LogP contribution in [0.5, 0.6) is 5.88 Å². The van der Waals surface area contributed by atoms with E-state index in [1.807, 2.05) is 14.1 Å². The number of hydrogen-bond acceptors (Lipinski definition) is 5. The molecule has 0 amide bonds. The van der Waals surface area contributed by atoms with Gasteiger partial charge in [0.1, 0.15) is 4.90 Å².